The first-order chi connectivity index (χ1) is 10.4. The van der Waals surface area contributed by atoms with E-state index in [2.05, 4.69) is 4.74 Å². The fourth-order valence-electron chi connectivity index (χ4n) is 2.69. The molecule has 0 N–H and O–H groups in total. The largest absolute Gasteiger partial charge is 0.493 e. The molecule has 1 aromatic carbocycles. The molecule has 0 spiro atoms. The number of hydrogen-bond donors (Lipinski definition) is 0. The SMILES string of the molecule is COc1cc(C2CC(=O)CCC2[N+](=O)[O-])ccc1OC(F)F. The van der Waals surface area contributed by atoms with Gasteiger partial charge in [0.25, 0.3) is 0 Å². The minimum absolute atomic E-state index is 0.0463. The maximum absolute atomic E-state index is 12.3. The van der Waals surface area contributed by atoms with Crippen LogP contribution >= 0.6 is 0 Å². The average molecular weight is 315 g/mol. The van der Waals surface area contributed by atoms with Gasteiger partial charge in [-0.25, -0.2) is 0 Å². The summed E-state index contributed by atoms with van der Waals surface area (Å²) in [6.07, 6.45) is 0.420. The van der Waals surface area contributed by atoms with Gasteiger partial charge in [-0.2, -0.15) is 8.78 Å². The number of rotatable bonds is 5. The van der Waals surface area contributed by atoms with E-state index in [0.29, 0.717) is 5.56 Å². The molecule has 2 rings (SSSR count). The van der Waals surface area contributed by atoms with Crippen LogP contribution in [0, 0.1) is 10.1 Å². The zero-order valence-electron chi connectivity index (χ0n) is 11.8. The maximum atomic E-state index is 12.3. The highest BCUT2D eigenvalue weighted by atomic mass is 19.3. The molecule has 8 heteroatoms. The Morgan fingerprint density at radius 2 is 2.09 bits per heavy atom. The summed E-state index contributed by atoms with van der Waals surface area (Å²) in [6.45, 7) is -3.00. The van der Waals surface area contributed by atoms with Gasteiger partial charge in [0.1, 0.15) is 5.78 Å². The number of Topliss-reactive ketones (excluding diaryl/α,β-unsaturated/α-hetero) is 1. The number of ketones is 1. The Labute approximate surface area is 125 Å². The van der Waals surface area contributed by atoms with E-state index in [1.165, 1.54) is 25.3 Å². The maximum Gasteiger partial charge on any atom is 0.387 e. The predicted octanol–water partition coefficient (Wildman–Crippen LogP) is 2.78. The number of methoxy groups -OCH3 is 1. The number of ether oxygens (including phenoxy) is 2. The fraction of sp³-hybridized carbons (Fsp3) is 0.500. The third kappa shape index (κ3) is 3.49. The molecule has 0 aliphatic heterocycles. The van der Waals surface area contributed by atoms with Crippen LogP contribution in [0.15, 0.2) is 18.2 Å². The highest BCUT2D eigenvalue weighted by Crippen LogP contribution is 2.38. The molecule has 0 saturated heterocycles. The van der Waals surface area contributed by atoms with E-state index in [9.17, 15) is 23.7 Å². The van der Waals surface area contributed by atoms with E-state index >= 15 is 0 Å². The molecule has 2 atom stereocenters. The molecular formula is C14H15F2NO5. The van der Waals surface area contributed by atoms with Crippen LogP contribution < -0.4 is 9.47 Å². The number of hydrogen-bond acceptors (Lipinski definition) is 5. The van der Waals surface area contributed by atoms with Gasteiger partial charge < -0.3 is 9.47 Å². The van der Waals surface area contributed by atoms with E-state index in [4.69, 9.17) is 4.74 Å². The first-order valence-corrected chi connectivity index (χ1v) is 6.70. The molecule has 0 heterocycles. The first-order valence-electron chi connectivity index (χ1n) is 6.70. The van der Waals surface area contributed by atoms with Gasteiger partial charge in [0.05, 0.1) is 13.0 Å². The number of nitrogens with zero attached hydrogens (tertiary/aromatic N) is 1. The molecular weight excluding hydrogens is 300 g/mol. The van der Waals surface area contributed by atoms with Crippen LogP contribution in [0.3, 0.4) is 0 Å². The Hall–Kier alpha value is -2.25. The van der Waals surface area contributed by atoms with Crippen molar-refractivity contribution in [2.75, 3.05) is 7.11 Å². The average Bonchev–Trinajstić information content (AvgIpc) is 2.46. The van der Waals surface area contributed by atoms with Crippen molar-refractivity contribution in [3.63, 3.8) is 0 Å². The molecule has 1 aliphatic carbocycles. The van der Waals surface area contributed by atoms with Crippen molar-refractivity contribution >= 4 is 5.78 Å². The summed E-state index contributed by atoms with van der Waals surface area (Å²) >= 11 is 0. The molecule has 22 heavy (non-hydrogen) atoms. The van der Waals surface area contributed by atoms with Gasteiger partial charge in [0.2, 0.25) is 6.04 Å². The molecule has 1 aliphatic rings. The number of carbonyl (C=O) groups is 1. The van der Waals surface area contributed by atoms with Crippen LogP contribution in [0.5, 0.6) is 11.5 Å². The molecule has 0 bridgehead atoms. The van der Waals surface area contributed by atoms with Gasteiger partial charge in [0.15, 0.2) is 11.5 Å². The van der Waals surface area contributed by atoms with Crippen molar-refractivity contribution in [1.29, 1.82) is 0 Å². The van der Waals surface area contributed by atoms with Crippen molar-refractivity contribution in [2.24, 2.45) is 0 Å². The van der Waals surface area contributed by atoms with Gasteiger partial charge in [-0.05, 0) is 17.7 Å². The summed E-state index contributed by atoms with van der Waals surface area (Å²) in [5.74, 6) is -0.736. The quantitative estimate of drug-likeness (QED) is 0.616. The minimum atomic E-state index is -3.00. The van der Waals surface area contributed by atoms with Crippen LogP contribution in [0.4, 0.5) is 8.78 Å². The standard InChI is InChI=1S/C14H15F2NO5/c1-21-13-6-8(2-5-12(13)22-14(15)16)10-7-9(18)3-4-11(10)17(19)20/h2,5-6,10-11,14H,3-4,7H2,1H3. The lowest BCUT2D eigenvalue weighted by molar-refractivity contribution is -0.528. The van der Waals surface area contributed by atoms with Crippen molar-refractivity contribution < 1.29 is 28.0 Å². The second kappa shape index (κ2) is 6.67. The summed E-state index contributed by atoms with van der Waals surface area (Å²) in [5, 5.41) is 11.2. The fourth-order valence-corrected chi connectivity index (χ4v) is 2.69. The normalized spacial score (nSPS) is 21.7. The summed E-state index contributed by atoms with van der Waals surface area (Å²) < 4.78 is 33.9. The summed E-state index contributed by atoms with van der Waals surface area (Å²) in [7, 11) is 1.29. The molecule has 0 aromatic heterocycles. The van der Waals surface area contributed by atoms with E-state index < -0.39 is 23.5 Å². The summed E-state index contributed by atoms with van der Waals surface area (Å²) in [5.41, 5.74) is 0.508. The Kier molecular flexibility index (Phi) is 4.89. The van der Waals surface area contributed by atoms with Gasteiger partial charge in [0, 0.05) is 24.2 Å². The third-order valence-corrected chi connectivity index (χ3v) is 3.73. The molecule has 1 aromatic rings. The van der Waals surface area contributed by atoms with Crippen molar-refractivity contribution in [1.82, 2.24) is 0 Å². The zero-order valence-corrected chi connectivity index (χ0v) is 11.8. The number of benzene rings is 1. The van der Waals surface area contributed by atoms with Gasteiger partial charge in [-0.3, -0.25) is 14.9 Å². The highest BCUT2D eigenvalue weighted by molar-refractivity contribution is 5.80. The number of halogens is 2. The number of alkyl halides is 2. The minimum Gasteiger partial charge on any atom is -0.493 e. The lowest BCUT2D eigenvalue weighted by Gasteiger charge is -2.25. The number of nitro groups is 1. The van der Waals surface area contributed by atoms with Crippen LogP contribution in [0.25, 0.3) is 0 Å². The summed E-state index contributed by atoms with van der Waals surface area (Å²) in [6, 6.07) is 3.28. The summed E-state index contributed by atoms with van der Waals surface area (Å²) in [4.78, 5) is 22.4. The second-order valence-corrected chi connectivity index (χ2v) is 5.03. The first kappa shape index (κ1) is 16.1. The lowest BCUT2D eigenvalue weighted by Crippen LogP contribution is -2.34. The molecule has 6 nitrogen and oxygen atoms in total. The second-order valence-electron chi connectivity index (χ2n) is 5.03. The molecule has 0 amide bonds. The topological polar surface area (TPSA) is 78.7 Å². The monoisotopic (exact) mass is 315 g/mol. The van der Waals surface area contributed by atoms with Gasteiger partial charge in [-0.15, -0.1) is 0 Å². The Bertz CT molecular complexity index is 578. The van der Waals surface area contributed by atoms with Crippen LogP contribution in [0.2, 0.25) is 0 Å². The van der Waals surface area contributed by atoms with Crippen molar-refractivity contribution in [3.05, 3.63) is 33.9 Å². The Balaban J connectivity index is 2.33. The van der Waals surface area contributed by atoms with Gasteiger partial charge >= 0.3 is 6.61 Å². The van der Waals surface area contributed by atoms with E-state index in [0.717, 1.165) is 0 Å². The van der Waals surface area contributed by atoms with Gasteiger partial charge in [-0.1, -0.05) is 6.07 Å². The third-order valence-electron chi connectivity index (χ3n) is 3.73. The molecule has 120 valence electrons. The van der Waals surface area contributed by atoms with Crippen LogP contribution in [-0.4, -0.2) is 30.5 Å². The van der Waals surface area contributed by atoms with E-state index in [-0.39, 0.29) is 36.5 Å². The molecule has 1 saturated carbocycles. The number of carbonyl (C=O) groups excluding carboxylic acids is 1. The van der Waals surface area contributed by atoms with Crippen LogP contribution in [0.1, 0.15) is 30.7 Å². The van der Waals surface area contributed by atoms with E-state index in [1.807, 2.05) is 0 Å². The zero-order chi connectivity index (χ0) is 16.3. The predicted molar refractivity (Wildman–Crippen MR) is 72.0 cm³/mol. The smallest absolute Gasteiger partial charge is 0.387 e. The highest BCUT2D eigenvalue weighted by Gasteiger charge is 2.38. The van der Waals surface area contributed by atoms with Crippen molar-refractivity contribution in [3.8, 4) is 11.5 Å². The molecule has 1 fully saturated rings. The van der Waals surface area contributed by atoms with Crippen LogP contribution in [-0.2, 0) is 4.79 Å². The lowest BCUT2D eigenvalue weighted by atomic mass is 9.79. The molecule has 2 unspecified atom stereocenters. The van der Waals surface area contributed by atoms with Crippen molar-refractivity contribution in [2.45, 2.75) is 37.8 Å². The molecule has 0 radical (unpaired) electrons. The Morgan fingerprint density at radius 1 is 1.36 bits per heavy atom. The van der Waals surface area contributed by atoms with E-state index in [1.54, 1.807) is 0 Å². The Morgan fingerprint density at radius 3 is 2.68 bits per heavy atom.